The van der Waals surface area contributed by atoms with E-state index >= 15 is 0 Å². The molecule has 7 aromatic heterocycles. The van der Waals surface area contributed by atoms with Gasteiger partial charge in [0.2, 0.25) is 0 Å². The van der Waals surface area contributed by atoms with Crippen molar-refractivity contribution in [3.8, 4) is 5.75 Å². The maximum atomic E-state index is 6.01. The molecule has 0 aliphatic heterocycles. The molecule has 12 aromatic rings. The number of aromatic amines is 7. The number of rotatable bonds is 19. The van der Waals surface area contributed by atoms with Crippen molar-refractivity contribution < 1.29 is 14.2 Å². The molecule has 16 nitrogen and oxygen atoms in total. The fraction of sp³-hybridized carbons (Fsp3) is 0.0833. The standard InChI is InChI=1S/C16H20N2O2.C13H12N2.C12H12N2O.C11H8Cl2N2.C11H10N2.C9H9N3/c1-3-19-16(20-4-2)14-8-5-13(6-9-14)7-10-15-11-12-17-18-15;1-2-6-12(7-3-1)8-4-5-9-13-10-11-14-15-13;1-15-12-6-3-10(4-7-12)2-5-11-8-9-13-14-11;12-10-2-1-3-11(13)9(10)5-4-8-6-7-14-15-8;1-2-4-10(5-3-1)6-7-11-8-9-12-13-11;1-2-8(10-6-1)3-4-9-5-7-11-12-9/h5-12,16H,3-4H2,1-2H3,(H,17,18);1-11H,(H,14,15);2-9H,1H3,(H,13,14);1-7H,(H,14,15);1-9H,(H,12,13);1-7,10H,(H,11,12)/b10-7+;8-4+,9-5+;5-2+;5-4+;7-6+;4-3+. The predicted molar refractivity (Wildman–Crippen MR) is 370 cm³/mol. The van der Waals surface area contributed by atoms with Gasteiger partial charge in [0, 0.05) is 83.5 Å². The lowest BCUT2D eigenvalue weighted by molar-refractivity contribution is -0.140. The van der Waals surface area contributed by atoms with Crippen LogP contribution in [-0.2, 0) is 9.47 Å². The maximum Gasteiger partial charge on any atom is 0.183 e. The van der Waals surface area contributed by atoms with Crippen LogP contribution in [0.2, 0.25) is 10.0 Å². The maximum absolute atomic E-state index is 6.01. The Hall–Kier alpha value is -10.9. The van der Waals surface area contributed by atoms with Gasteiger partial charge < -0.3 is 19.2 Å². The zero-order chi connectivity index (χ0) is 62.9. The molecular formula is C72H71Cl2N13O3. The Morgan fingerprint density at radius 2 is 0.722 bits per heavy atom. The van der Waals surface area contributed by atoms with Crippen LogP contribution in [0.4, 0.5) is 0 Å². The van der Waals surface area contributed by atoms with E-state index in [0.717, 1.165) is 67.9 Å². The minimum absolute atomic E-state index is 0.282. The highest BCUT2D eigenvalue weighted by Gasteiger charge is 2.10. The lowest BCUT2D eigenvalue weighted by Gasteiger charge is -2.17. The van der Waals surface area contributed by atoms with Crippen molar-refractivity contribution in [3.05, 3.63) is 315 Å². The third-order valence-electron chi connectivity index (χ3n) is 12.2. The van der Waals surface area contributed by atoms with Gasteiger partial charge in [-0.25, -0.2) is 0 Å². The Bertz CT molecular complexity index is 3870. The average molecular weight is 1240 g/mol. The Labute approximate surface area is 534 Å². The van der Waals surface area contributed by atoms with Crippen molar-refractivity contribution >= 4 is 96.1 Å². The number of hydrogen-bond acceptors (Lipinski definition) is 9. The molecule has 0 aliphatic carbocycles. The largest absolute Gasteiger partial charge is 0.497 e. The van der Waals surface area contributed by atoms with Crippen LogP contribution in [0.1, 0.15) is 93.4 Å². The van der Waals surface area contributed by atoms with Crippen molar-refractivity contribution in [2.75, 3.05) is 20.3 Å². The molecule has 7 N–H and O–H groups in total. The number of H-pyrrole nitrogens is 7. The van der Waals surface area contributed by atoms with Crippen LogP contribution in [0.25, 0.3) is 72.9 Å². The van der Waals surface area contributed by atoms with Gasteiger partial charge in [0.15, 0.2) is 6.29 Å². The number of halogens is 2. The van der Waals surface area contributed by atoms with Crippen molar-refractivity contribution in [2.45, 2.75) is 20.1 Å². The third kappa shape index (κ3) is 25.6. The summed E-state index contributed by atoms with van der Waals surface area (Å²) in [5.41, 5.74) is 13.5. The van der Waals surface area contributed by atoms with Crippen LogP contribution in [0.15, 0.2) is 231 Å². The summed E-state index contributed by atoms with van der Waals surface area (Å²) < 4.78 is 16.2. The Morgan fingerprint density at radius 1 is 0.356 bits per heavy atom. The van der Waals surface area contributed by atoms with Crippen LogP contribution in [0.5, 0.6) is 5.75 Å². The summed E-state index contributed by atoms with van der Waals surface area (Å²) in [7, 11) is 1.66. The van der Waals surface area contributed by atoms with Crippen LogP contribution in [0.3, 0.4) is 0 Å². The third-order valence-corrected chi connectivity index (χ3v) is 12.9. The summed E-state index contributed by atoms with van der Waals surface area (Å²) >= 11 is 12.0. The van der Waals surface area contributed by atoms with Crippen molar-refractivity contribution in [1.82, 2.24) is 66.2 Å². The molecule has 0 saturated carbocycles. The lowest BCUT2D eigenvalue weighted by atomic mass is 10.1. The first-order chi connectivity index (χ1) is 44.3. The van der Waals surface area contributed by atoms with Crippen molar-refractivity contribution in [3.63, 3.8) is 0 Å². The number of nitrogens with zero attached hydrogens (tertiary/aromatic N) is 6. The number of benzene rings is 5. The van der Waals surface area contributed by atoms with E-state index < -0.39 is 0 Å². The first-order valence-electron chi connectivity index (χ1n) is 28.7. The molecule has 5 aromatic carbocycles. The first kappa shape index (κ1) is 66.6. The second-order valence-electron chi connectivity index (χ2n) is 18.7. The Morgan fingerprint density at radius 3 is 1.11 bits per heavy atom. The topological polar surface area (TPSA) is 216 Å². The first-order valence-corrected chi connectivity index (χ1v) is 29.5. The summed E-state index contributed by atoms with van der Waals surface area (Å²) in [4.78, 5) is 3.08. The SMILES string of the molecule is C(/C=C/c1ccn[nH]1)=C\c1ccccc1.C(=C\c1ccn[nH]1)/c1ccc[nH]1.C(=C\c1ccn[nH]1)/c1ccccc1.CCOC(OCC)c1ccc(/C=C/c2ccn[nH]2)cc1.COc1ccc(/C=C/c2ccn[nH]2)cc1.Clc1cccc(Cl)c1/C=C/c1ccn[nH]1. The number of aromatic nitrogens is 13. The number of nitrogens with one attached hydrogen (secondary N) is 7. The highest BCUT2D eigenvalue weighted by molar-refractivity contribution is 6.37. The summed E-state index contributed by atoms with van der Waals surface area (Å²) in [6, 6.07) is 57.3. The van der Waals surface area contributed by atoms with E-state index in [9.17, 15) is 0 Å². The zero-order valence-electron chi connectivity index (χ0n) is 50.0. The van der Waals surface area contributed by atoms with Gasteiger partial charge in [-0.3, -0.25) is 30.6 Å². The van der Waals surface area contributed by atoms with Gasteiger partial charge in [0.1, 0.15) is 5.75 Å². The fourth-order valence-electron chi connectivity index (χ4n) is 7.66. The molecule has 0 bridgehead atoms. The Balaban J connectivity index is 0.000000155. The van der Waals surface area contributed by atoms with Gasteiger partial charge >= 0.3 is 0 Å². The second-order valence-corrected chi connectivity index (χ2v) is 19.5. The normalized spacial score (nSPS) is 11.1. The van der Waals surface area contributed by atoms with E-state index in [4.69, 9.17) is 37.4 Å². The highest BCUT2D eigenvalue weighted by atomic mass is 35.5. The second kappa shape index (κ2) is 39.7. The van der Waals surface area contributed by atoms with Crippen LogP contribution in [0, 0.1) is 0 Å². The van der Waals surface area contributed by atoms with Crippen LogP contribution >= 0.6 is 23.2 Å². The minimum Gasteiger partial charge on any atom is -0.497 e. The lowest BCUT2D eigenvalue weighted by Crippen LogP contribution is -2.08. The summed E-state index contributed by atoms with van der Waals surface area (Å²) in [6.07, 6.45) is 39.8. The molecule has 0 unspecified atom stereocenters. The van der Waals surface area contributed by atoms with E-state index in [1.807, 2.05) is 239 Å². The van der Waals surface area contributed by atoms with E-state index in [-0.39, 0.29) is 6.29 Å². The molecule has 456 valence electrons. The minimum atomic E-state index is -0.282. The average Bonchev–Trinajstić information content (AvgIpc) is 4.61. The van der Waals surface area contributed by atoms with Crippen LogP contribution < -0.4 is 4.74 Å². The molecule has 0 amide bonds. The van der Waals surface area contributed by atoms with Gasteiger partial charge in [0.05, 0.1) is 41.3 Å². The molecule has 0 aliphatic rings. The number of hydrogen-bond donors (Lipinski definition) is 7. The molecule has 0 spiro atoms. The van der Waals surface area contributed by atoms with E-state index in [1.165, 1.54) is 11.1 Å². The van der Waals surface area contributed by atoms with Gasteiger partial charge in [-0.05, 0) is 158 Å². The molecular weight excluding hydrogens is 1170 g/mol. The quantitative estimate of drug-likeness (QED) is 0.0302. The Kier molecular flexibility index (Phi) is 29.4. The van der Waals surface area contributed by atoms with Crippen LogP contribution in [-0.4, -0.2) is 86.5 Å². The molecule has 0 atom stereocenters. The van der Waals surface area contributed by atoms with Gasteiger partial charge in [-0.15, -0.1) is 0 Å². The molecule has 0 saturated heterocycles. The smallest absolute Gasteiger partial charge is 0.183 e. The monoisotopic (exact) mass is 1240 g/mol. The van der Waals surface area contributed by atoms with Gasteiger partial charge in [-0.1, -0.05) is 163 Å². The molecule has 0 radical (unpaired) electrons. The van der Waals surface area contributed by atoms with E-state index in [2.05, 4.69) is 96.5 Å². The summed E-state index contributed by atoms with van der Waals surface area (Å²) in [6.45, 7) is 5.19. The van der Waals surface area contributed by atoms with Gasteiger partial charge in [0.25, 0.3) is 0 Å². The fourth-order valence-corrected chi connectivity index (χ4v) is 8.19. The van der Waals surface area contributed by atoms with Crippen molar-refractivity contribution in [2.24, 2.45) is 0 Å². The number of ether oxygens (including phenoxy) is 3. The predicted octanol–water partition coefficient (Wildman–Crippen LogP) is 17.8. The molecule has 7 heterocycles. The highest BCUT2D eigenvalue weighted by Crippen LogP contribution is 2.26. The number of allylic oxidation sites excluding steroid dienone is 2. The summed E-state index contributed by atoms with van der Waals surface area (Å²) in [5, 5.41) is 41.6. The molecule has 0 fully saturated rings. The van der Waals surface area contributed by atoms with E-state index in [0.29, 0.717) is 23.3 Å². The van der Waals surface area contributed by atoms with Gasteiger partial charge in [-0.2, -0.15) is 30.6 Å². The molecule has 12 rings (SSSR count). The van der Waals surface area contributed by atoms with E-state index in [1.54, 1.807) is 56.4 Å². The number of methoxy groups -OCH3 is 1. The molecule has 18 heteroatoms. The summed E-state index contributed by atoms with van der Waals surface area (Å²) in [5.74, 6) is 0.869. The molecule has 90 heavy (non-hydrogen) atoms. The van der Waals surface area contributed by atoms with Crippen molar-refractivity contribution in [1.29, 1.82) is 0 Å². The zero-order valence-corrected chi connectivity index (χ0v) is 51.5.